The molecule has 0 saturated heterocycles. The van der Waals surface area contributed by atoms with E-state index < -0.39 is 23.6 Å². The number of thiophene rings is 1. The highest BCUT2D eigenvalue weighted by Crippen LogP contribution is 2.40. The number of nitrogen functional groups attached to an aromatic ring is 1. The van der Waals surface area contributed by atoms with Gasteiger partial charge < -0.3 is 21.5 Å². The molecule has 0 bridgehead atoms. The molecule has 0 aliphatic heterocycles. The van der Waals surface area contributed by atoms with Gasteiger partial charge in [0.15, 0.2) is 0 Å². The number of aromatic nitrogens is 1. The van der Waals surface area contributed by atoms with Crippen LogP contribution in [0.1, 0.15) is 47.6 Å². The number of nitrogens with zero attached hydrogens (tertiary/aromatic N) is 1. The number of nitrogens with one attached hydrogen (secondary N) is 1. The number of amides is 2. The minimum atomic E-state index is -0.714. The second-order valence-corrected chi connectivity index (χ2v) is 10.4. The van der Waals surface area contributed by atoms with E-state index in [1.165, 1.54) is 12.1 Å². The van der Waals surface area contributed by atoms with Gasteiger partial charge in [0.05, 0.1) is 17.4 Å². The van der Waals surface area contributed by atoms with Gasteiger partial charge in [0.2, 0.25) is 0 Å². The van der Waals surface area contributed by atoms with E-state index >= 15 is 0 Å². The van der Waals surface area contributed by atoms with Gasteiger partial charge in [-0.1, -0.05) is 42.5 Å². The Kier molecular flexibility index (Phi) is 6.94. The maximum Gasteiger partial charge on any atom is 0.408 e. The van der Waals surface area contributed by atoms with Gasteiger partial charge in [-0.25, -0.2) is 14.2 Å². The van der Waals surface area contributed by atoms with E-state index in [2.05, 4.69) is 5.32 Å². The van der Waals surface area contributed by atoms with Gasteiger partial charge in [0.25, 0.3) is 5.91 Å². The number of alkyl carbamates (subject to hydrolysis) is 1. The standard InChI is InChI=1S/C27H27FN4O3S/c1-27(2,3)35-26(34)32-20(13-15-9-11-17(28)12-10-15)18-14-19(16-7-5-4-6-8-16)31-25-21(18)22(29)23(36-25)24(30)33/h4-12,14,20H,13,29H2,1-3H3,(H2,30,33)(H,32,34). The largest absolute Gasteiger partial charge is 0.444 e. The molecule has 36 heavy (non-hydrogen) atoms. The summed E-state index contributed by atoms with van der Waals surface area (Å²) in [6.07, 6.45) is -0.307. The fourth-order valence-corrected chi connectivity index (χ4v) is 4.89. The SMILES string of the molecule is CC(C)(C)OC(=O)NC(Cc1ccc(F)cc1)c1cc(-c2ccccc2)nc2sc(C(N)=O)c(N)c12. The van der Waals surface area contributed by atoms with Crippen molar-refractivity contribution in [2.45, 2.75) is 38.8 Å². The first-order valence-corrected chi connectivity index (χ1v) is 12.2. The number of hydrogen-bond acceptors (Lipinski definition) is 6. The maximum absolute atomic E-state index is 13.6. The second kappa shape index (κ2) is 9.94. The topological polar surface area (TPSA) is 120 Å². The Morgan fingerprint density at radius 1 is 1.11 bits per heavy atom. The van der Waals surface area contributed by atoms with Crippen molar-refractivity contribution in [1.29, 1.82) is 0 Å². The maximum atomic E-state index is 13.6. The number of benzene rings is 2. The van der Waals surface area contributed by atoms with E-state index in [1.54, 1.807) is 32.9 Å². The van der Waals surface area contributed by atoms with Gasteiger partial charge in [-0.2, -0.15) is 0 Å². The van der Waals surface area contributed by atoms with Crippen LogP contribution in [-0.4, -0.2) is 22.6 Å². The smallest absolute Gasteiger partial charge is 0.408 e. The van der Waals surface area contributed by atoms with Crippen LogP contribution in [0.5, 0.6) is 0 Å². The molecular weight excluding hydrogens is 479 g/mol. The van der Waals surface area contributed by atoms with Crippen LogP contribution in [0.4, 0.5) is 14.9 Å². The number of anilines is 1. The highest BCUT2D eigenvalue weighted by Gasteiger charge is 2.27. The molecule has 0 saturated carbocycles. The second-order valence-electron chi connectivity index (χ2n) is 9.38. The lowest BCUT2D eigenvalue weighted by Gasteiger charge is -2.25. The van der Waals surface area contributed by atoms with Gasteiger partial charge in [-0.3, -0.25) is 4.79 Å². The number of pyridine rings is 1. The first kappa shape index (κ1) is 25.1. The Balaban J connectivity index is 1.90. The van der Waals surface area contributed by atoms with Crippen LogP contribution in [-0.2, 0) is 11.2 Å². The van der Waals surface area contributed by atoms with Crippen molar-refractivity contribution in [2.75, 3.05) is 5.73 Å². The Bertz CT molecular complexity index is 1410. The quantitative estimate of drug-likeness (QED) is 0.315. The van der Waals surface area contributed by atoms with Crippen molar-refractivity contribution in [1.82, 2.24) is 10.3 Å². The molecule has 4 rings (SSSR count). The number of carbonyl (C=O) groups is 2. The molecule has 5 N–H and O–H groups in total. The Hall–Kier alpha value is -3.98. The van der Waals surface area contributed by atoms with Crippen molar-refractivity contribution >= 4 is 39.2 Å². The van der Waals surface area contributed by atoms with Crippen molar-refractivity contribution in [3.05, 3.63) is 82.5 Å². The molecule has 7 nitrogen and oxygen atoms in total. The predicted molar refractivity (Wildman–Crippen MR) is 140 cm³/mol. The normalized spacial score (nSPS) is 12.3. The van der Waals surface area contributed by atoms with E-state index in [0.29, 0.717) is 27.9 Å². The number of ether oxygens (including phenoxy) is 1. The molecule has 0 aliphatic rings. The number of carbonyl (C=O) groups excluding carboxylic acids is 2. The van der Waals surface area contributed by atoms with Crippen LogP contribution in [0.3, 0.4) is 0 Å². The van der Waals surface area contributed by atoms with Crippen LogP contribution in [0, 0.1) is 5.82 Å². The number of fused-ring (bicyclic) bond motifs is 1. The number of primary amides is 1. The summed E-state index contributed by atoms with van der Waals surface area (Å²) < 4.78 is 19.1. The molecule has 4 aromatic rings. The molecule has 2 aromatic heterocycles. The third-order valence-corrected chi connectivity index (χ3v) is 6.56. The lowest BCUT2D eigenvalue weighted by atomic mass is 9.95. The summed E-state index contributed by atoms with van der Waals surface area (Å²) >= 11 is 1.11. The molecule has 2 heterocycles. The summed E-state index contributed by atoms with van der Waals surface area (Å²) in [5, 5.41) is 3.48. The Morgan fingerprint density at radius 2 is 1.78 bits per heavy atom. The lowest BCUT2D eigenvalue weighted by Crippen LogP contribution is -2.36. The highest BCUT2D eigenvalue weighted by atomic mass is 32.1. The number of rotatable bonds is 6. The van der Waals surface area contributed by atoms with E-state index in [4.69, 9.17) is 21.2 Å². The van der Waals surface area contributed by atoms with Gasteiger partial charge >= 0.3 is 6.09 Å². The summed E-state index contributed by atoms with van der Waals surface area (Å²) in [4.78, 5) is 30.4. The average molecular weight is 507 g/mol. The summed E-state index contributed by atoms with van der Waals surface area (Å²) in [6, 6.07) is 16.8. The number of hydrogen-bond donors (Lipinski definition) is 3. The predicted octanol–water partition coefficient (Wildman–Crippen LogP) is 5.59. The third-order valence-electron chi connectivity index (χ3n) is 5.44. The van der Waals surface area contributed by atoms with Crippen LogP contribution in [0.25, 0.3) is 21.5 Å². The number of nitrogens with two attached hydrogens (primary N) is 2. The van der Waals surface area contributed by atoms with Crippen molar-refractivity contribution < 1.29 is 18.7 Å². The summed E-state index contributed by atoms with van der Waals surface area (Å²) in [5.41, 5.74) is 14.4. The molecule has 0 fully saturated rings. The Morgan fingerprint density at radius 3 is 2.39 bits per heavy atom. The molecule has 1 atom stereocenters. The molecule has 0 aliphatic carbocycles. The molecular formula is C27H27FN4O3S. The Labute approximate surface area is 212 Å². The fourth-order valence-electron chi connectivity index (χ4n) is 3.91. The fraction of sp³-hybridized carbons (Fsp3) is 0.222. The minimum Gasteiger partial charge on any atom is -0.444 e. The molecule has 9 heteroatoms. The molecule has 2 amide bonds. The lowest BCUT2D eigenvalue weighted by molar-refractivity contribution is 0.0503. The van der Waals surface area contributed by atoms with Crippen LogP contribution in [0.15, 0.2) is 60.7 Å². The third kappa shape index (κ3) is 5.63. The summed E-state index contributed by atoms with van der Waals surface area (Å²) in [7, 11) is 0. The first-order chi connectivity index (χ1) is 17.0. The minimum absolute atomic E-state index is 0.196. The van der Waals surface area contributed by atoms with Gasteiger partial charge in [-0.15, -0.1) is 11.3 Å². The van der Waals surface area contributed by atoms with Crippen molar-refractivity contribution in [3.63, 3.8) is 0 Å². The van der Waals surface area contributed by atoms with E-state index in [9.17, 15) is 14.0 Å². The first-order valence-electron chi connectivity index (χ1n) is 11.3. The molecule has 186 valence electrons. The molecule has 0 spiro atoms. The zero-order valence-corrected chi connectivity index (χ0v) is 21.0. The summed E-state index contributed by atoms with van der Waals surface area (Å²) in [5.74, 6) is -1.01. The number of halogens is 1. The zero-order valence-electron chi connectivity index (χ0n) is 20.2. The van der Waals surface area contributed by atoms with E-state index in [1.807, 2.05) is 36.4 Å². The molecule has 2 aromatic carbocycles. The van der Waals surface area contributed by atoms with E-state index in [0.717, 1.165) is 22.5 Å². The monoisotopic (exact) mass is 506 g/mol. The van der Waals surface area contributed by atoms with Crippen LogP contribution >= 0.6 is 11.3 Å². The van der Waals surface area contributed by atoms with Crippen molar-refractivity contribution in [3.8, 4) is 11.3 Å². The molecule has 0 radical (unpaired) electrons. The van der Waals surface area contributed by atoms with Gasteiger partial charge in [0, 0.05) is 10.9 Å². The summed E-state index contributed by atoms with van der Waals surface area (Å²) in [6.45, 7) is 5.32. The highest BCUT2D eigenvalue weighted by molar-refractivity contribution is 7.21. The van der Waals surface area contributed by atoms with Crippen LogP contribution in [0.2, 0.25) is 0 Å². The van der Waals surface area contributed by atoms with Gasteiger partial charge in [0.1, 0.15) is 21.1 Å². The zero-order chi connectivity index (χ0) is 26.0. The average Bonchev–Trinajstić information content (AvgIpc) is 3.15. The molecule has 1 unspecified atom stereocenters. The van der Waals surface area contributed by atoms with Crippen LogP contribution < -0.4 is 16.8 Å². The van der Waals surface area contributed by atoms with Crippen molar-refractivity contribution in [2.24, 2.45) is 5.73 Å². The van der Waals surface area contributed by atoms with E-state index in [-0.39, 0.29) is 16.4 Å². The van der Waals surface area contributed by atoms with Gasteiger partial charge in [-0.05, 0) is 56.5 Å².